The molecule has 0 atom stereocenters. The van der Waals surface area contributed by atoms with Crippen molar-refractivity contribution in [3.05, 3.63) is 69.2 Å². The van der Waals surface area contributed by atoms with Gasteiger partial charge in [0.2, 0.25) is 0 Å². The molecule has 146 valence electrons. The average Bonchev–Trinajstić information content (AvgIpc) is 2.98. The van der Waals surface area contributed by atoms with Crippen LogP contribution in [0.2, 0.25) is 5.02 Å². The summed E-state index contributed by atoms with van der Waals surface area (Å²) in [7, 11) is -3.78. The van der Waals surface area contributed by atoms with E-state index in [1.54, 1.807) is 37.3 Å². The molecule has 1 amide bonds. The molecule has 2 N–H and O–H groups in total. The van der Waals surface area contributed by atoms with Crippen molar-refractivity contribution in [2.45, 2.75) is 25.7 Å². The number of carbonyl (C=O) groups excluding carboxylic acids is 1. The molecule has 9 heteroatoms. The first kappa shape index (κ1) is 20.3. The zero-order valence-corrected chi connectivity index (χ0v) is 17.8. The predicted molar refractivity (Wildman–Crippen MR) is 113 cm³/mol. The molecule has 3 aromatic rings. The Morgan fingerprint density at radius 1 is 1.07 bits per heavy atom. The number of aromatic nitrogens is 1. The molecule has 0 aliphatic heterocycles. The number of thiazole rings is 1. The monoisotopic (exact) mass is 435 g/mol. The predicted octanol–water partition coefficient (Wildman–Crippen LogP) is 4.77. The smallest absolute Gasteiger partial charge is 0.267 e. The Morgan fingerprint density at radius 2 is 1.75 bits per heavy atom. The van der Waals surface area contributed by atoms with Crippen LogP contribution in [0, 0.1) is 20.8 Å². The maximum Gasteiger partial charge on any atom is 0.267 e. The molecule has 0 fully saturated rings. The van der Waals surface area contributed by atoms with Crippen LogP contribution in [0.5, 0.6) is 0 Å². The first-order chi connectivity index (χ1) is 13.2. The van der Waals surface area contributed by atoms with Crippen LogP contribution in [0.4, 0.5) is 10.8 Å². The highest BCUT2D eigenvalue weighted by Gasteiger charge is 2.20. The molecule has 1 aromatic heterocycles. The second kappa shape index (κ2) is 7.90. The van der Waals surface area contributed by atoms with Gasteiger partial charge in [-0.15, -0.1) is 0 Å². The second-order valence-electron chi connectivity index (χ2n) is 6.27. The van der Waals surface area contributed by atoms with E-state index in [0.29, 0.717) is 21.3 Å². The Balaban J connectivity index is 1.79. The number of nitrogens with zero attached hydrogens (tertiary/aromatic N) is 1. The molecule has 0 radical (unpaired) electrons. The summed E-state index contributed by atoms with van der Waals surface area (Å²) in [5.41, 5.74) is 2.85. The quantitative estimate of drug-likeness (QED) is 0.603. The van der Waals surface area contributed by atoms with Gasteiger partial charge in [-0.25, -0.2) is 13.4 Å². The van der Waals surface area contributed by atoms with Crippen LogP contribution >= 0.6 is 22.9 Å². The van der Waals surface area contributed by atoms with E-state index in [-0.39, 0.29) is 15.9 Å². The van der Waals surface area contributed by atoms with Crippen LogP contribution in [0.25, 0.3) is 0 Å². The van der Waals surface area contributed by atoms with Crippen molar-refractivity contribution in [2.75, 3.05) is 10.0 Å². The zero-order valence-electron chi connectivity index (χ0n) is 15.4. The normalized spacial score (nSPS) is 11.3. The molecule has 2 aromatic carbocycles. The van der Waals surface area contributed by atoms with Gasteiger partial charge >= 0.3 is 0 Å². The lowest BCUT2D eigenvalue weighted by molar-refractivity contribution is 0.103. The summed E-state index contributed by atoms with van der Waals surface area (Å²) >= 11 is 7.05. The van der Waals surface area contributed by atoms with Crippen molar-refractivity contribution in [1.29, 1.82) is 0 Å². The van der Waals surface area contributed by atoms with Crippen molar-refractivity contribution in [2.24, 2.45) is 0 Å². The van der Waals surface area contributed by atoms with E-state index in [1.165, 1.54) is 12.1 Å². The first-order valence-corrected chi connectivity index (χ1v) is 11.0. The Hall–Kier alpha value is -2.42. The van der Waals surface area contributed by atoms with Crippen LogP contribution in [0.15, 0.2) is 47.4 Å². The lowest BCUT2D eigenvalue weighted by Crippen LogP contribution is -2.12. The highest BCUT2D eigenvalue weighted by Crippen LogP contribution is 2.27. The molecule has 0 unspecified atom stereocenters. The molecule has 1 heterocycles. The molecule has 0 aliphatic carbocycles. The van der Waals surface area contributed by atoms with Gasteiger partial charge in [-0.05, 0) is 50.6 Å². The minimum absolute atomic E-state index is 0.130. The van der Waals surface area contributed by atoms with Crippen LogP contribution < -0.4 is 10.0 Å². The minimum Gasteiger partial charge on any atom is -0.321 e. The number of hydrogen-bond acceptors (Lipinski definition) is 5. The highest BCUT2D eigenvalue weighted by molar-refractivity contribution is 7.93. The fourth-order valence-electron chi connectivity index (χ4n) is 2.40. The standard InChI is InChI=1S/C19H18ClN3O3S2/c1-11-4-8-15(9-5-11)28(25,26)23-19-21-13(3)17(27-19)18(24)22-14-7-6-12(2)16(20)10-14/h4-10H,1-3H3,(H,21,23)(H,22,24). The third-order valence-corrected chi connectivity index (χ3v) is 6.95. The first-order valence-electron chi connectivity index (χ1n) is 8.30. The van der Waals surface area contributed by atoms with Crippen molar-refractivity contribution in [3.63, 3.8) is 0 Å². The van der Waals surface area contributed by atoms with Crippen LogP contribution in [-0.2, 0) is 10.0 Å². The van der Waals surface area contributed by atoms with Crippen molar-refractivity contribution in [3.8, 4) is 0 Å². The third kappa shape index (κ3) is 4.52. The van der Waals surface area contributed by atoms with Gasteiger partial charge in [-0.1, -0.05) is 46.7 Å². The van der Waals surface area contributed by atoms with E-state index in [4.69, 9.17) is 11.6 Å². The maximum atomic E-state index is 12.6. The lowest BCUT2D eigenvalue weighted by Gasteiger charge is -2.06. The second-order valence-corrected chi connectivity index (χ2v) is 9.36. The van der Waals surface area contributed by atoms with Gasteiger partial charge < -0.3 is 5.32 Å². The number of rotatable bonds is 5. The Labute approximate surface area is 172 Å². The molecule has 6 nitrogen and oxygen atoms in total. The van der Waals surface area contributed by atoms with Crippen molar-refractivity contribution in [1.82, 2.24) is 4.98 Å². The SMILES string of the molecule is Cc1ccc(S(=O)(=O)Nc2nc(C)c(C(=O)Nc3ccc(C)c(Cl)c3)s2)cc1. The zero-order chi connectivity index (χ0) is 20.5. The molecule has 0 saturated heterocycles. The number of benzene rings is 2. The van der Waals surface area contributed by atoms with Gasteiger partial charge in [-0.2, -0.15) is 0 Å². The van der Waals surface area contributed by atoms with Crippen LogP contribution in [0.3, 0.4) is 0 Å². The molecule has 3 rings (SSSR count). The number of aryl methyl sites for hydroxylation is 3. The van der Waals surface area contributed by atoms with Crippen molar-refractivity contribution < 1.29 is 13.2 Å². The van der Waals surface area contributed by atoms with Crippen LogP contribution in [-0.4, -0.2) is 19.3 Å². The summed E-state index contributed by atoms with van der Waals surface area (Å²) in [6.07, 6.45) is 0. The number of amides is 1. The minimum atomic E-state index is -3.78. The average molecular weight is 436 g/mol. The molecule has 0 saturated carbocycles. The third-order valence-electron chi connectivity index (χ3n) is 3.99. The van der Waals surface area contributed by atoms with Gasteiger partial charge in [0, 0.05) is 10.7 Å². The fourth-order valence-corrected chi connectivity index (χ4v) is 4.68. The number of hydrogen-bond donors (Lipinski definition) is 2. The summed E-state index contributed by atoms with van der Waals surface area (Å²) < 4.78 is 27.4. The molecule has 0 bridgehead atoms. The lowest BCUT2D eigenvalue weighted by atomic mass is 10.2. The Bertz CT molecular complexity index is 1140. The number of carbonyl (C=O) groups is 1. The fraction of sp³-hybridized carbons (Fsp3) is 0.158. The van der Waals surface area contributed by atoms with E-state index in [2.05, 4.69) is 15.0 Å². The van der Waals surface area contributed by atoms with E-state index < -0.39 is 10.0 Å². The van der Waals surface area contributed by atoms with Gasteiger partial charge in [0.15, 0.2) is 5.13 Å². The summed E-state index contributed by atoms with van der Waals surface area (Å²) in [5.74, 6) is -0.379. The van der Waals surface area contributed by atoms with E-state index in [9.17, 15) is 13.2 Å². The molecule has 28 heavy (non-hydrogen) atoms. The summed E-state index contributed by atoms with van der Waals surface area (Å²) in [6, 6.07) is 11.7. The number of nitrogens with one attached hydrogen (secondary N) is 2. The number of halogens is 1. The largest absolute Gasteiger partial charge is 0.321 e. The molecule has 0 spiro atoms. The summed E-state index contributed by atoms with van der Waals surface area (Å²) in [5, 5.41) is 3.43. The van der Waals surface area contributed by atoms with Crippen molar-refractivity contribution >= 4 is 49.7 Å². The van der Waals surface area contributed by atoms with Gasteiger partial charge in [0.25, 0.3) is 15.9 Å². The summed E-state index contributed by atoms with van der Waals surface area (Å²) in [6.45, 7) is 5.39. The van der Waals surface area contributed by atoms with Crippen LogP contribution in [0.1, 0.15) is 26.5 Å². The Morgan fingerprint density at radius 3 is 2.39 bits per heavy atom. The van der Waals surface area contributed by atoms with Gasteiger partial charge in [0.05, 0.1) is 10.6 Å². The van der Waals surface area contributed by atoms with E-state index in [1.807, 2.05) is 13.8 Å². The van der Waals surface area contributed by atoms with Gasteiger partial charge in [0.1, 0.15) is 4.88 Å². The number of sulfonamides is 1. The summed E-state index contributed by atoms with van der Waals surface area (Å²) in [4.78, 5) is 17.2. The molecular weight excluding hydrogens is 418 g/mol. The molecular formula is C19H18ClN3O3S2. The van der Waals surface area contributed by atoms with Gasteiger partial charge in [-0.3, -0.25) is 9.52 Å². The number of anilines is 2. The topological polar surface area (TPSA) is 88.2 Å². The molecule has 0 aliphatic rings. The maximum absolute atomic E-state index is 12.6. The van der Waals surface area contributed by atoms with E-state index in [0.717, 1.165) is 22.5 Å². The Kier molecular flexibility index (Phi) is 5.74. The van der Waals surface area contributed by atoms with E-state index >= 15 is 0 Å². The highest BCUT2D eigenvalue weighted by atomic mass is 35.5.